The first kappa shape index (κ1) is 20.8. The van der Waals surface area contributed by atoms with E-state index in [4.69, 9.17) is 4.74 Å². The van der Waals surface area contributed by atoms with Crippen molar-refractivity contribution in [1.29, 1.82) is 0 Å². The highest BCUT2D eigenvalue weighted by Gasteiger charge is 2.65. The molecule has 0 saturated carbocycles. The van der Waals surface area contributed by atoms with Gasteiger partial charge in [-0.1, -0.05) is 49.3 Å². The Kier molecular flexibility index (Phi) is 5.59. The van der Waals surface area contributed by atoms with Crippen molar-refractivity contribution < 1.29 is 19.4 Å². The minimum Gasteiger partial charge on any atom is -0.550 e. The van der Waals surface area contributed by atoms with Gasteiger partial charge in [-0.25, -0.2) is 0 Å². The number of rotatable bonds is 8. The van der Waals surface area contributed by atoms with Crippen LogP contribution in [0.15, 0.2) is 35.5 Å². The number of carbonyl (C=O) groups excluding carboxylic acids is 2. The molecule has 2 saturated heterocycles. The van der Waals surface area contributed by atoms with Gasteiger partial charge in [0.15, 0.2) is 0 Å². The monoisotopic (exact) mass is 386 g/mol. The van der Waals surface area contributed by atoms with Crippen molar-refractivity contribution in [2.24, 2.45) is 17.3 Å². The maximum Gasteiger partial charge on any atom is 0.229 e. The first-order chi connectivity index (χ1) is 13.0. The standard InChI is InChI=1S/C23H33NO4/c1-15(2)7-6-8-16(3)9-11-22(4,5)13-24-14-23-12-10-17(28-23)18(21(26)27)19(23)20(24)25/h7,9-10,12,17-19H,6,8,11,13-14H2,1-5H3,(H,26,27)/p-1/b16-9-/t17-,18+,19-,23+/m1/s1. The molecule has 2 bridgehead atoms. The van der Waals surface area contributed by atoms with Crippen molar-refractivity contribution >= 4 is 11.9 Å². The molecule has 3 aliphatic rings. The summed E-state index contributed by atoms with van der Waals surface area (Å²) in [5.74, 6) is -2.82. The number of hydrogen-bond donors (Lipinski definition) is 0. The number of aliphatic carboxylic acids is 1. The Morgan fingerprint density at radius 3 is 2.71 bits per heavy atom. The molecular weight excluding hydrogens is 354 g/mol. The molecular formula is C23H32NO4-. The summed E-state index contributed by atoms with van der Waals surface area (Å²) in [5, 5.41) is 11.6. The van der Waals surface area contributed by atoms with Crippen molar-refractivity contribution in [3.8, 4) is 0 Å². The second-order valence-corrected chi connectivity index (χ2v) is 9.65. The van der Waals surface area contributed by atoms with Crippen LogP contribution in [-0.2, 0) is 14.3 Å². The lowest BCUT2D eigenvalue weighted by Crippen LogP contribution is -2.45. The highest BCUT2D eigenvalue weighted by atomic mass is 16.5. The Morgan fingerprint density at radius 1 is 1.36 bits per heavy atom. The maximum atomic E-state index is 13.0. The minimum atomic E-state index is -1.19. The van der Waals surface area contributed by atoms with Crippen LogP contribution in [0.3, 0.4) is 0 Å². The molecule has 4 atom stereocenters. The van der Waals surface area contributed by atoms with E-state index in [1.54, 1.807) is 11.0 Å². The fourth-order valence-electron chi connectivity index (χ4n) is 4.70. The van der Waals surface area contributed by atoms with E-state index in [1.807, 2.05) is 6.08 Å². The number of likely N-dealkylation sites (tertiary alicyclic amines) is 1. The fraction of sp³-hybridized carbons (Fsp3) is 0.652. The van der Waals surface area contributed by atoms with Gasteiger partial charge in [0.2, 0.25) is 5.91 Å². The Morgan fingerprint density at radius 2 is 2.07 bits per heavy atom. The van der Waals surface area contributed by atoms with Crippen molar-refractivity contribution in [1.82, 2.24) is 4.90 Å². The molecule has 0 aromatic carbocycles. The predicted octanol–water partition coefficient (Wildman–Crippen LogP) is 2.63. The van der Waals surface area contributed by atoms with Crippen molar-refractivity contribution in [3.05, 3.63) is 35.5 Å². The van der Waals surface area contributed by atoms with Gasteiger partial charge in [0.1, 0.15) is 5.60 Å². The van der Waals surface area contributed by atoms with Gasteiger partial charge in [-0.2, -0.15) is 0 Å². The van der Waals surface area contributed by atoms with E-state index in [1.165, 1.54) is 11.1 Å². The molecule has 0 radical (unpaired) electrons. The van der Waals surface area contributed by atoms with Crippen molar-refractivity contribution in [2.75, 3.05) is 13.1 Å². The molecule has 5 nitrogen and oxygen atoms in total. The number of fused-ring (bicyclic) bond motifs is 1. The highest BCUT2D eigenvalue weighted by molar-refractivity contribution is 5.90. The van der Waals surface area contributed by atoms with Gasteiger partial charge < -0.3 is 19.5 Å². The van der Waals surface area contributed by atoms with E-state index in [0.717, 1.165) is 19.3 Å². The van der Waals surface area contributed by atoms with Crippen LogP contribution in [0.4, 0.5) is 0 Å². The molecule has 28 heavy (non-hydrogen) atoms. The number of hydrogen-bond acceptors (Lipinski definition) is 4. The van der Waals surface area contributed by atoms with Crippen LogP contribution in [0.2, 0.25) is 0 Å². The average molecular weight is 387 g/mol. The zero-order valence-electron chi connectivity index (χ0n) is 17.7. The number of carboxylic acids is 1. The van der Waals surface area contributed by atoms with Crippen LogP contribution in [0, 0.1) is 17.3 Å². The average Bonchev–Trinajstić information content (AvgIpc) is 3.21. The molecule has 0 aliphatic carbocycles. The van der Waals surface area contributed by atoms with E-state index >= 15 is 0 Å². The second-order valence-electron chi connectivity index (χ2n) is 9.65. The van der Waals surface area contributed by atoms with E-state index in [2.05, 4.69) is 46.8 Å². The summed E-state index contributed by atoms with van der Waals surface area (Å²) in [6.07, 6.45) is 10.6. The number of ether oxygens (including phenoxy) is 1. The number of amides is 1. The first-order valence-corrected chi connectivity index (χ1v) is 10.2. The Labute approximate surface area is 168 Å². The number of carbonyl (C=O) groups is 2. The Balaban J connectivity index is 1.62. The largest absolute Gasteiger partial charge is 0.550 e. The van der Waals surface area contributed by atoms with Crippen LogP contribution in [0.25, 0.3) is 0 Å². The van der Waals surface area contributed by atoms with Crippen LogP contribution in [0.1, 0.15) is 53.9 Å². The third-order valence-corrected chi connectivity index (χ3v) is 6.16. The molecule has 154 valence electrons. The SMILES string of the molecule is CC(C)=CCC/C(C)=C\CC(C)(C)CN1C[C@]23C=C[C@@H](O2)[C@H](C(=O)[O-])[C@@H]3C1=O. The van der Waals surface area contributed by atoms with Gasteiger partial charge in [0.25, 0.3) is 0 Å². The van der Waals surface area contributed by atoms with Gasteiger partial charge in [0, 0.05) is 18.4 Å². The third-order valence-electron chi connectivity index (χ3n) is 6.16. The third kappa shape index (κ3) is 3.95. The summed E-state index contributed by atoms with van der Waals surface area (Å²) in [5.41, 5.74) is 1.82. The smallest absolute Gasteiger partial charge is 0.229 e. The van der Waals surface area contributed by atoms with Crippen LogP contribution < -0.4 is 5.11 Å². The van der Waals surface area contributed by atoms with Gasteiger partial charge >= 0.3 is 0 Å². The molecule has 2 fully saturated rings. The second kappa shape index (κ2) is 7.51. The lowest BCUT2D eigenvalue weighted by Gasteiger charge is -2.31. The normalized spacial score (nSPS) is 31.5. The fourth-order valence-corrected chi connectivity index (χ4v) is 4.70. The Bertz CT molecular complexity index is 744. The van der Waals surface area contributed by atoms with E-state index in [-0.39, 0.29) is 11.3 Å². The summed E-state index contributed by atoms with van der Waals surface area (Å²) in [4.78, 5) is 26.4. The summed E-state index contributed by atoms with van der Waals surface area (Å²) in [7, 11) is 0. The van der Waals surface area contributed by atoms with Crippen LogP contribution >= 0.6 is 0 Å². The number of carboxylic acid groups (broad SMARTS) is 1. The molecule has 1 amide bonds. The molecule has 0 aromatic heterocycles. The zero-order valence-corrected chi connectivity index (χ0v) is 17.7. The van der Waals surface area contributed by atoms with Gasteiger partial charge in [-0.15, -0.1) is 0 Å². The summed E-state index contributed by atoms with van der Waals surface area (Å²) >= 11 is 0. The van der Waals surface area contributed by atoms with Crippen LogP contribution in [0.5, 0.6) is 0 Å². The molecule has 5 heteroatoms. The van der Waals surface area contributed by atoms with E-state index in [9.17, 15) is 14.7 Å². The summed E-state index contributed by atoms with van der Waals surface area (Å²) in [6.45, 7) is 11.7. The van der Waals surface area contributed by atoms with Gasteiger partial charge in [0.05, 0.1) is 18.6 Å². The molecule has 3 rings (SSSR count). The van der Waals surface area contributed by atoms with Gasteiger partial charge in [-0.3, -0.25) is 4.79 Å². The highest BCUT2D eigenvalue weighted by Crippen LogP contribution is 2.52. The van der Waals surface area contributed by atoms with Crippen LogP contribution in [-0.4, -0.2) is 41.6 Å². The predicted molar refractivity (Wildman–Crippen MR) is 106 cm³/mol. The van der Waals surface area contributed by atoms with Gasteiger partial charge in [-0.05, 0) is 45.4 Å². The maximum absolute atomic E-state index is 13.0. The Hall–Kier alpha value is -1.88. The topological polar surface area (TPSA) is 69.7 Å². The molecule has 0 N–H and O–H groups in total. The van der Waals surface area contributed by atoms with E-state index in [0.29, 0.717) is 13.1 Å². The quantitative estimate of drug-likeness (QED) is 0.601. The van der Waals surface area contributed by atoms with Crippen molar-refractivity contribution in [3.63, 3.8) is 0 Å². The van der Waals surface area contributed by atoms with Crippen molar-refractivity contribution in [2.45, 2.75) is 65.6 Å². The molecule has 0 aromatic rings. The lowest BCUT2D eigenvalue weighted by molar-refractivity contribution is -0.313. The minimum absolute atomic E-state index is 0.0958. The molecule has 1 spiro atoms. The first-order valence-electron chi connectivity index (χ1n) is 10.2. The lowest BCUT2D eigenvalue weighted by atomic mass is 9.77. The molecule has 3 aliphatic heterocycles. The molecule has 3 heterocycles. The zero-order chi connectivity index (χ0) is 20.7. The number of allylic oxidation sites excluding steroid dienone is 4. The molecule has 0 unspecified atom stereocenters. The number of nitrogens with zero attached hydrogens (tertiary/aromatic N) is 1. The summed E-state index contributed by atoms with van der Waals surface area (Å²) in [6, 6.07) is 0. The summed E-state index contributed by atoms with van der Waals surface area (Å²) < 4.78 is 5.92. The van der Waals surface area contributed by atoms with E-state index < -0.39 is 29.5 Å².